The van der Waals surface area contributed by atoms with E-state index in [2.05, 4.69) is 86.1 Å². The Balaban J connectivity index is 1.16. The van der Waals surface area contributed by atoms with Gasteiger partial charge in [-0.1, -0.05) is 42.5 Å². The van der Waals surface area contributed by atoms with Crippen molar-refractivity contribution in [1.29, 1.82) is 0 Å². The average Bonchev–Trinajstić information content (AvgIpc) is 3.47. The lowest BCUT2D eigenvalue weighted by Gasteiger charge is -2.52. The zero-order valence-electron chi connectivity index (χ0n) is 17.1. The number of fused-ring (bicyclic) bond motifs is 4. The van der Waals surface area contributed by atoms with Crippen molar-refractivity contribution in [1.82, 2.24) is 26.2 Å². The summed E-state index contributed by atoms with van der Waals surface area (Å²) < 4.78 is 0. The van der Waals surface area contributed by atoms with Crippen LogP contribution in [0.15, 0.2) is 59.6 Å². The van der Waals surface area contributed by atoms with Crippen LogP contribution in [0.3, 0.4) is 0 Å². The summed E-state index contributed by atoms with van der Waals surface area (Å²) >= 11 is 0. The Labute approximate surface area is 177 Å². The molecule has 0 aliphatic carbocycles. The molecule has 2 aromatic carbocycles. The van der Waals surface area contributed by atoms with E-state index < -0.39 is 0 Å². The number of amidine groups is 1. The molecule has 4 heterocycles. The highest BCUT2D eigenvalue weighted by atomic mass is 15.7. The summed E-state index contributed by atoms with van der Waals surface area (Å²) in [6, 6.07) is 19.9. The first kappa shape index (κ1) is 18.3. The Morgan fingerprint density at radius 2 is 1.73 bits per heavy atom. The summed E-state index contributed by atoms with van der Waals surface area (Å²) in [6.07, 6.45) is 2.20. The molecule has 6 rings (SSSR count). The van der Waals surface area contributed by atoms with E-state index >= 15 is 0 Å². The second kappa shape index (κ2) is 7.35. The molecular weight excluding hydrogens is 374 g/mol. The van der Waals surface area contributed by atoms with E-state index in [0.717, 1.165) is 45.6 Å². The van der Waals surface area contributed by atoms with Crippen molar-refractivity contribution in [3.05, 3.63) is 65.7 Å². The number of likely N-dealkylation sites (tertiary alicyclic amines) is 1. The Kier molecular flexibility index (Phi) is 4.49. The molecule has 2 saturated heterocycles. The zero-order valence-corrected chi connectivity index (χ0v) is 17.1. The van der Waals surface area contributed by atoms with Gasteiger partial charge in [0.05, 0.1) is 18.6 Å². The lowest BCUT2D eigenvalue weighted by molar-refractivity contribution is 0.0872. The first-order valence-electron chi connectivity index (χ1n) is 11.1. The maximum Gasteiger partial charge on any atom is 0.134 e. The molecule has 7 heteroatoms. The lowest BCUT2D eigenvalue weighted by Crippen LogP contribution is -2.63. The van der Waals surface area contributed by atoms with E-state index in [1.807, 2.05) is 0 Å². The van der Waals surface area contributed by atoms with E-state index in [1.165, 1.54) is 22.6 Å². The standard InChI is InChI=1S/C23H29N7/c1-2-6-17(7-3-1)21-20(26-28-27-21)16-29-13-10-23(11-14-29)25-19-9-5-4-8-18(19)22-24-12-15-30(22)23/h1-9,20-21,25-28H,10-16H2. The second-order valence-electron chi connectivity index (χ2n) is 8.77. The Morgan fingerprint density at radius 1 is 0.933 bits per heavy atom. The highest BCUT2D eigenvalue weighted by molar-refractivity contribution is 6.06. The van der Waals surface area contributed by atoms with Gasteiger partial charge in [0.1, 0.15) is 11.5 Å². The smallest absolute Gasteiger partial charge is 0.134 e. The molecule has 156 valence electrons. The van der Waals surface area contributed by atoms with Crippen LogP contribution in [0, 0.1) is 0 Å². The second-order valence-corrected chi connectivity index (χ2v) is 8.77. The van der Waals surface area contributed by atoms with Crippen molar-refractivity contribution >= 4 is 11.5 Å². The summed E-state index contributed by atoms with van der Waals surface area (Å²) in [5.74, 6) is 1.19. The van der Waals surface area contributed by atoms with Gasteiger partial charge in [0.25, 0.3) is 0 Å². The van der Waals surface area contributed by atoms with Crippen molar-refractivity contribution in [2.24, 2.45) is 4.99 Å². The molecule has 2 aromatic rings. The van der Waals surface area contributed by atoms with Crippen LogP contribution in [-0.4, -0.2) is 60.1 Å². The van der Waals surface area contributed by atoms with Gasteiger partial charge in [-0.3, -0.25) is 4.99 Å². The molecule has 0 amide bonds. The zero-order chi connectivity index (χ0) is 20.0. The third-order valence-corrected chi connectivity index (χ3v) is 7.08. The number of anilines is 1. The molecule has 1 spiro atoms. The highest BCUT2D eigenvalue weighted by Gasteiger charge is 2.46. The van der Waals surface area contributed by atoms with Gasteiger partial charge in [0.2, 0.25) is 0 Å². The van der Waals surface area contributed by atoms with Gasteiger partial charge < -0.3 is 15.1 Å². The molecule has 2 atom stereocenters. The average molecular weight is 404 g/mol. The van der Waals surface area contributed by atoms with Crippen molar-refractivity contribution in [3.63, 3.8) is 0 Å². The quantitative estimate of drug-likeness (QED) is 0.626. The number of hydrogen-bond acceptors (Lipinski definition) is 7. The summed E-state index contributed by atoms with van der Waals surface area (Å²) in [4.78, 5) is 9.99. The summed E-state index contributed by atoms with van der Waals surface area (Å²) in [6.45, 7) is 5.11. The number of piperidine rings is 1. The normalized spacial score (nSPS) is 27.5. The fourth-order valence-electron chi connectivity index (χ4n) is 5.50. The van der Waals surface area contributed by atoms with Gasteiger partial charge in [-0.15, -0.1) is 0 Å². The molecule has 4 aliphatic heterocycles. The number of para-hydroxylation sites is 1. The fourth-order valence-corrected chi connectivity index (χ4v) is 5.50. The maximum absolute atomic E-state index is 4.86. The van der Waals surface area contributed by atoms with Crippen LogP contribution >= 0.6 is 0 Å². The van der Waals surface area contributed by atoms with Crippen molar-refractivity contribution < 1.29 is 0 Å². The SMILES string of the molecule is c1ccc(C2NNNC2CN2CCC3(CC2)Nc2ccccc2C2=NCCN23)cc1. The number of nitrogens with one attached hydrogen (secondary N) is 4. The molecule has 0 aromatic heterocycles. The van der Waals surface area contributed by atoms with Gasteiger partial charge in [0.15, 0.2) is 0 Å². The molecule has 2 unspecified atom stereocenters. The third-order valence-electron chi connectivity index (χ3n) is 7.08. The molecule has 0 radical (unpaired) electrons. The largest absolute Gasteiger partial charge is 0.362 e. The van der Waals surface area contributed by atoms with Crippen LogP contribution < -0.4 is 21.7 Å². The summed E-state index contributed by atoms with van der Waals surface area (Å²) in [5.41, 5.74) is 13.8. The Bertz CT molecular complexity index is 936. The number of aliphatic imine (C=N–C) groups is 1. The van der Waals surface area contributed by atoms with Crippen LogP contribution in [0.4, 0.5) is 5.69 Å². The Morgan fingerprint density at radius 3 is 2.60 bits per heavy atom. The van der Waals surface area contributed by atoms with Crippen LogP contribution in [0.2, 0.25) is 0 Å². The van der Waals surface area contributed by atoms with E-state index in [-0.39, 0.29) is 11.7 Å². The van der Waals surface area contributed by atoms with Crippen LogP contribution in [0.5, 0.6) is 0 Å². The Hall–Kier alpha value is -2.45. The van der Waals surface area contributed by atoms with E-state index in [1.54, 1.807) is 0 Å². The van der Waals surface area contributed by atoms with Gasteiger partial charge in [-0.05, 0) is 17.7 Å². The number of rotatable bonds is 3. The molecule has 4 aliphatic rings. The van der Waals surface area contributed by atoms with Gasteiger partial charge in [-0.25, -0.2) is 10.9 Å². The summed E-state index contributed by atoms with van der Waals surface area (Å²) in [5, 5.41) is 3.91. The first-order valence-corrected chi connectivity index (χ1v) is 11.1. The van der Waals surface area contributed by atoms with Crippen molar-refractivity contribution in [2.45, 2.75) is 30.6 Å². The first-order chi connectivity index (χ1) is 14.8. The van der Waals surface area contributed by atoms with E-state index in [0.29, 0.717) is 6.04 Å². The van der Waals surface area contributed by atoms with Gasteiger partial charge >= 0.3 is 0 Å². The molecule has 2 fully saturated rings. The number of nitrogens with zero attached hydrogens (tertiary/aromatic N) is 3. The molecule has 0 saturated carbocycles. The van der Waals surface area contributed by atoms with Crippen LogP contribution in [0.1, 0.15) is 30.0 Å². The topological polar surface area (TPSA) is 67.0 Å². The maximum atomic E-state index is 4.86. The van der Waals surface area contributed by atoms with Crippen LogP contribution in [0.25, 0.3) is 0 Å². The lowest BCUT2D eigenvalue weighted by atomic mass is 9.89. The van der Waals surface area contributed by atoms with Crippen molar-refractivity contribution in [2.75, 3.05) is 38.0 Å². The predicted octanol–water partition coefficient (Wildman–Crippen LogP) is 1.69. The number of hydrazine groups is 2. The number of hydrogen-bond donors (Lipinski definition) is 4. The molecular formula is C23H29N7. The predicted molar refractivity (Wildman–Crippen MR) is 119 cm³/mol. The highest BCUT2D eigenvalue weighted by Crippen LogP contribution is 2.39. The minimum Gasteiger partial charge on any atom is -0.362 e. The van der Waals surface area contributed by atoms with E-state index in [4.69, 9.17) is 4.99 Å². The summed E-state index contributed by atoms with van der Waals surface area (Å²) in [7, 11) is 0. The molecule has 7 nitrogen and oxygen atoms in total. The fraction of sp³-hybridized carbons (Fsp3) is 0.435. The molecule has 30 heavy (non-hydrogen) atoms. The molecule has 4 N–H and O–H groups in total. The van der Waals surface area contributed by atoms with Gasteiger partial charge in [-0.2, -0.15) is 5.53 Å². The third kappa shape index (κ3) is 3.01. The van der Waals surface area contributed by atoms with E-state index in [9.17, 15) is 0 Å². The monoisotopic (exact) mass is 403 g/mol. The number of benzene rings is 2. The minimum absolute atomic E-state index is 0.00137. The molecule has 0 bridgehead atoms. The van der Waals surface area contributed by atoms with Crippen LogP contribution in [-0.2, 0) is 0 Å². The van der Waals surface area contributed by atoms with Crippen molar-refractivity contribution in [3.8, 4) is 0 Å². The minimum atomic E-state index is -0.00137. The van der Waals surface area contributed by atoms with Gasteiger partial charge in [0, 0.05) is 50.3 Å².